The van der Waals surface area contributed by atoms with Crippen LogP contribution in [0.3, 0.4) is 0 Å². The van der Waals surface area contributed by atoms with Crippen LogP contribution < -0.4 is 0 Å². The van der Waals surface area contributed by atoms with Crippen molar-refractivity contribution in [2.75, 3.05) is 39.6 Å². The van der Waals surface area contributed by atoms with Gasteiger partial charge in [0.2, 0.25) is 0 Å². The van der Waals surface area contributed by atoms with Crippen LogP contribution >= 0.6 is 15.6 Å². The highest BCUT2D eigenvalue weighted by atomic mass is 31.2. The number of esters is 4. The molecule has 0 radical (unpaired) electrons. The van der Waals surface area contributed by atoms with Crippen molar-refractivity contribution in [1.82, 2.24) is 0 Å². The van der Waals surface area contributed by atoms with Crippen LogP contribution in [0, 0.1) is 11.8 Å². The Morgan fingerprint density at radius 2 is 0.484 bits per heavy atom. The zero-order valence-electron chi connectivity index (χ0n) is 62.0. The van der Waals surface area contributed by atoms with Crippen LogP contribution in [0.1, 0.15) is 395 Å². The van der Waals surface area contributed by atoms with Gasteiger partial charge in [-0.2, -0.15) is 0 Å². The molecule has 0 saturated carbocycles. The molecule has 0 aromatic heterocycles. The molecule has 0 heterocycles. The summed E-state index contributed by atoms with van der Waals surface area (Å²) in [6, 6.07) is 0. The summed E-state index contributed by atoms with van der Waals surface area (Å²) < 4.78 is 68.5. The van der Waals surface area contributed by atoms with Crippen LogP contribution in [0.15, 0.2) is 0 Å². The Bertz CT molecular complexity index is 1840. The van der Waals surface area contributed by atoms with Gasteiger partial charge in [-0.15, -0.1) is 0 Å². The number of phosphoric acid groups is 2. The fourth-order valence-corrected chi connectivity index (χ4v) is 13.2. The molecule has 0 aromatic rings. The number of carbonyl (C=O) groups is 4. The van der Waals surface area contributed by atoms with E-state index in [9.17, 15) is 43.2 Å². The summed E-state index contributed by atoms with van der Waals surface area (Å²) in [5.41, 5.74) is 0. The van der Waals surface area contributed by atoms with E-state index in [2.05, 4.69) is 41.5 Å². The zero-order chi connectivity index (χ0) is 70.0. The maximum atomic E-state index is 13.1. The van der Waals surface area contributed by atoms with E-state index in [1.807, 2.05) is 0 Å². The smallest absolute Gasteiger partial charge is 0.462 e. The summed E-state index contributed by atoms with van der Waals surface area (Å²) in [4.78, 5) is 72.7. The van der Waals surface area contributed by atoms with E-state index in [1.165, 1.54) is 205 Å². The number of phosphoric ester groups is 2. The number of carbonyl (C=O) groups excluding carboxylic acids is 4. The monoisotopic (exact) mass is 1400 g/mol. The number of unbranched alkanes of at least 4 members (excludes halogenated alkanes) is 45. The number of hydrogen-bond donors (Lipinski definition) is 3. The summed E-state index contributed by atoms with van der Waals surface area (Å²) in [6.45, 7) is 9.57. The average Bonchev–Trinajstić information content (AvgIpc) is 2.38. The average molecular weight is 1400 g/mol. The number of aliphatic hydroxyl groups excluding tert-OH is 1. The SMILES string of the molecule is CCCCCCCCCCCCCCCCCCCC(=O)OC[C@H](COP(=O)(O)OC[C@@H](O)COP(=O)(O)OC[C@@H](COC(=O)CCCCCCCCCC)OC(=O)CCCCCCCCCCCC(C)C)OC(=O)CCCCCCCCCCCCCCCCCC(C)C. The predicted molar refractivity (Wildman–Crippen MR) is 386 cm³/mol. The molecular formula is C76H148O17P2. The third-order valence-corrected chi connectivity index (χ3v) is 19.6. The van der Waals surface area contributed by atoms with E-state index in [1.54, 1.807) is 0 Å². The first-order valence-corrected chi connectivity index (χ1v) is 42.5. The molecule has 0 aliphatic carbocycles. The van der Waals surface area contributed by atoms with Crippen molar-refractivity contribution in [3.8, 4) is 0 Å². The first kappa shape index (κ1) is 93.1. The second-order valence-electron chi connectivity index (χ2n) is 28.3. The summed E-state index contributed by atoms with van der Waals surface area (Å²) in [5.74, 6) is -0.579. The molecule has 0 aromatic carbocycles. The normalized spacial score (nSPS) is 14.0. The predicted octanol–water partition coefficient (Wildman–Crippen LogP) is 22.3. The lowest BCUT2D eigenvalue weighted by molar-refractivity contribution is -0.161. The third-order valence-electron chi connectivity index (χ3n) is 17.7. The topological polar surface area (TPSA) is 237 Å². The van der Waals surface area contributed by atoms with Crippen LogP contribution in [-0.4, -0.2) is 96.7 Å². The molecular weight excluding hydrogens is 1250 g/mol. The minimum atomic E-state index is -4.96. The van der Waals surface area contributed by atoms with Crippen molar-refractivity contribution in [1.29, 1.82) is 0 Å². The summed E-state index contributed by atoms with van der Waals surface area (Å²) in [5, 5.41) is 10.6. The van der Waals surface area contributed by atoms with Gasteiger partial charge in [0, 0.05) is 25.7 Å². The van der Waals surface area contributed by atoms with Gasteiger partial charge >= 0.3 is 39.5 Å². The molecule has 564 valence electrons. The highest BCUT2D eigenvalue weighted by molar-refractivity contribution is 7.47. The standard InChI is InChI=1S/C76H148O17P2/c1-7-9-11-13-15-17-18-19-20-21-24-27-30-35-41-47-53-59-74(79)87-65-72(92-75(80)60-54-48-42-36-31-28-25-22-23-26-29-33-38-44-50-56-68(3)4)67-91-95(84,85)89-63-70(77)62-88-94(82,83)90-66-71(64-86-73(78)58-52-46-40-16-14-12-10-8-2)93-76(81)61-55-49-43-37-32-34-39-45-51-57-69(5)6/h68-72,77H,7-67H2,1-6H3,(H,82,83)(H,84,85)/t70-,71+,72+/m0/s1. The molecule has 95 heavy (non-hydrogen) atoms. The number of aliphatic hydroxyl groups is 1. The molecule has 17 nitrogen and oxygen atoms in total. The molecule has 0 aliphatic rings. The Labute approximate surface area is 581 Å². The Hall–Kier alpha value is -1.94. The van der Waals surface area contributed by atoms with E-state index >= 15 is 0 Å². The van der Waals surface area contributed by atoms with Gasteiger partial charge in [0.25, 0.3) is 0 Å². The lowest BCUT2D eigenvalue weighted by Gasteiger charge is -2.21. The van der Waals surface area contributed by atoms with E-state index in [0.29, 0.717) is 25.7 Å². The Balaban J connectivity index is 5.21. The number of hydrogen-bond acceptors (Lipinski definition) is 15. The van der Waals surface area contributed by atoms with Crippen LogP contribution in [0.5, 0.6) is 0 Å². The Kier molecular flexibility index (Phi) is 66.5. The van der Waals surface area contributed by atoms with E-state index in [0.717, 1.165) is 108 Å². The molecule has 0 spiro atoms. The fourth-order valence-electron chi connectivity index (χ4n) is 11.7. The molecule has 0 amide bonds. The van der Waals surface area contributed by atoms with Gasteiger partial charge < -0.3 is 33.8 Å². The molecule has 5 atom stereocenters. The van der Waals surface area contributed by atoms with Crippen molar-refractivity contribution in [3.05, 3.63) is 0 Å². The third kappa shape index (κ3) is 70.3. The molecule has 0 fully saturated rings. The molecule has 2 unspecified atom stereocenters. The van der Waals surface area contributed by atoms with Crippen LogP contribution in [0.25, 0.3) is 0 Å². The van der Waals surface area contributed by atoms with Crippen molar-refractivity contribution >= 4 is 39.5 Å². The van der Waals surface area contributed by atoms with Crippen LogP contribution in [-0.2, 0) is 65.4 Å². The highest BCUT2D eigenvalue weighted by Crippen LogP contribution is 2.45. The lowest BCUT2D eigenvalue weighted by Crippen LogP contribution is -2.30. The first-order chi connectivity index (χ1) is 45.9. The maximum absolute atomic E-state index is 13.1. The second-order valence-corrected chi connectivity index (χ2v) is 31.3. The minimum Gasteiger partial charge on any atom is -0.462 e. The summed E-state index contributed by atoms with van der Waals surface area (Å²) in [7, 11) is -9.91. The van der Waals surface area contributed by atoms with Gasteiger partial charge in [-0.25, -0.2) is 9.13 Å². The van der Waals surface area contributed by atoms with Gasteiger partial charge in [0.15, 0.2) is 12.2 Å². The van der Waals surface area contributed by atoms with Gasteiger partial charge in [-0.05, 0) is 37.5 Å². The minimum absolute atomic E-state index is 0.105. The van der Waals surface area contributed by atoms with Gasteiger partial charge in [-0.1, -0.05) is 343 Å². The maximum Gasteiger partial charge on any atom is 0.472 e. The second kappa shape index (κ2) is 67.9. The van der Waals surface area contributed by atoms with Crippen molar-refractivity contribution in [2.45, 2.75) is 413 Å². The fraction of sp³-hybridized carbons (Fsp3) is 0.947. The lowest BCUT2D eigenvalue weighted by atomic mass is 10.0. The summed E-state index contributed by atoms with van der Waals surface area (Å²) in [6.07, 6.45) is 55.6. The van der Waals surface area contributed by atoms with Crippen LogP contribution in [0.4, 0.5) is 0 Å². The number of rotatable bonds is 75. The molecule has 0 aliphatic heterocycles. The van der Waals surface area contributed by atoms with Gasteiger partial charge in [0.05, 0.1) is 26.4 Å². The molecule has 0 saturated heterocycles. The Morgan fingerprint density at radius 1 is 0.284 bits per heavy atom. The van der Waals surface area contributed by atoms with Crippen molar-refractivity contribution in [2.24, 2.45) is 11.8 Å². The van der Waals surface area contributed by atoms with Gasteiger partial charge in [0.1, 0.15) is 19.3 Å². The molecule has 0 rings (SSSR count). The van der Waals surface area contributed by atoms with Crippen molar-refractivity contribution < 1.29 is 80.2 Å². The molecule has 3 N–H and O–H groups in total. The molecule has 19 heteroatoms. The van der Waals surface area contributed by atoms with E-state index < -0.39 is 97.5 Å². The number of ether oxygens (including phenoxy) is 4. The first-order valence-electron chi connectivity index (χ1n) is 39.5. The van der Waals surface area contributed by atoms with E-state index in [-0.39, 0.29) is 25.7 Å². The van der Waals surface area contributed by atoms with Crippen LogP contribution in [0.2, 0.25) is 0 Å². The largest absolute Gasteiger partial charge is 0.472 e. The Morgan fingerprint density at radius 3 is 0.716 bits per heavy atom. The highest BCUT2D eigenvalue weighted by Gasteiger charge is 2.30. The molecule has 0 bridgehead atoms. The summed E-state index contributed by atoms with van der Waals surface area (Å²) >= 11 is 0. The van der Waals surface area contributed by atoms with Crippen molar-refractivity contribution in [3.63, 3.8) is 0 Å². The zero-order valence-corrected chi connectivity index (χ0v) is 63.8. The van der Waals surface area contributed by atoms with Gasteiger partial charge in [-0.3, -0.25) is 37.3 Å². The quantitative estimate of drug-likeness (QED) is 0.0222. The van der Waals surface area contributed by atoms with E-state index in [4.69, 9.17) is 37.0 Å².